The highest BCUT2D eigenvalue weighted by molar-refractivity contribution is 6.00. The van der Waals surface area contributed by atoms with Gasteiger partial charge < -0.3 is 9.47 Å². The van der Waals surface area contributed by atoms with E-state index in [4.69, 9.17) is 14.7 Å². The van der Waals surface area contributed by atoms with Crippen LogP contribution in [0.2, 0.25) is 0 Å². The number of methoxy groups -OCH3 is 1. The van der Waals surface area contributed by atoms with E-state index >= 15 is 0 Å². The van der Waals surface area contributed by atoms with Crippen LogP contribution >= 0.6 is 0 Å². The van der Waals surface area contributed by atoms with Crippen molar-refractivity contribution in [1.29, 1.82) is 0 Å². The summed E-state index contributed by atoms with van der Waals surface area (Å²) in [6.07, 6.45) is 0. The Labute approximate surface area is 186 Å². The number of para-hydroxylation sites is 1. The van der Waals surface area contributed by atoms with Gasteiger partial charge in [-0.1, -0.05) is 44.2 Å². The smallest absolute Gasteiger partial charge is 0.317 e. The van der Waals surface area contributed by atoms with Gasteiger partial charge in [0.05, 0.1) is 18.5 Å². The molecule has 1 fully saturated rings. The molecule has 1 amide bonds. The molecule has 1 aromatic heterocycles. The Morgan fingerprint density at radius 3 is 2.47 bits per heavy atom. The molecule has 2 N–H and O–H groups in total. The van der Waals surface area contributed by atoms with E-state index in [0.29, 0.717) is 17.9 Å². The van der Waals surface area contributed by atoms with Gasteiger partial charge in [0.25, 0.3) is 0 Å². The highest BCUT2D eigenvalue weighted by Crippen LogP contribution is 2.70. The molecule has 3 aromatic rings. The number of aryl methyl sites for hydroxylation is 1. The Morgan fingerprint density at radius 1 is 1.12 bits per heavy atom. The van der Waals surface area contributed by atoms with Crippen LogP contribution in [0.3, 0.4) is 0 Å². The van der Waals surface area contributed by atoms with Crippen molar-refractivity contribution >= 4 is 22.8 Å². The van der Waals surface area contributed by atoms with Crippen LogP contribution in [-0.2, 0) is 26.3 Å². The second-order valence-corrected chi connectivity index (χ2v) is 8.68. The molecule has 7 nitrogen and oxygen atoms in total. The molecule has 166 valence electrons. The monoisotopic (exact) mass is 434 g/mol. The summed E-state index contributed by atoms with van der Waals surface area (Å²) >= 11 is 0. The number of rotatable bonds is 6. The van der Waals surface area contributed by atoms with E-state index in [0.717, 1.165) is 22.2 Å². The van der Waals surface area contributed by atoms with Crippen molar-refractivity contribution in [2.24, 2.45) is 11.3 Å². The van der Waals surface area contributed by atoms with Crippen LogP contribution in [-0.4, -0.2) is 29.2 Å². The lowest BCUT2D eigenvalue weighted by atomic mass is 9.87. The fourth-order valence-corrected chi connectivity index (χ4v) is 5.04. The van der Waals surface area contributed by atoms with Crippen LogP contribution in [0.5, 0.6) is 5.75 Å². The molecule has 7 heteroatoms. The maximum Gasteiger partial charge on any atom is 0.317 e. The zero-order valence-corrected chi connectivity index (χ0v) is 18.5. The molecular formula is C25H26N2O5. The summed E-state index contributed by atoms with van der Waals surface area (Å²) in [5, 5.41) is 10.2. The van der Waals surface area contributed by atoms with Gasteiger partial charge >= 0.3 is 5.97 Å². The molecule has 0 aliphatic heterocycles. The van der Waals surface area contributed by atoms with Crippen molar-refractivity contribution in [2.45, 2.75) is 32.8 Å². The lowest BCUT2D eigenvalue weighted by Gasteiger charge is -2.19. The van der Waals surface area contributed by atoms with Crippen LogP contribution < -0.4 is 10.2 Å². The number of aromatic nitrogens is 1. The van der Waals surface area contributed by atoms with Gasteiger partial charge in [0.2, 0.25) is 5.91 Å². The second kappa shape index (κ2) is 7.91. The van der Waals surface area contributed by atoms with Crippen molar-refractivity contribution in [2.75, 3.05) is 7.11 Å². The van der Waals surface area contributed by atoms with E-state index in [9.17, 15) is 9.59 Å². The normalized spacial score (nSPS) is 21.1. The third kappa shape index (κ3) is 3.20. The molecule has 2 aromatic carbocycles. The number of carbonyl (C=O) groups excluding carboxylic acids is 2. The number of hydroxylamine groups is 1. The van der Waals surface area contributed by atoms with Crippen molar-refractivity contribution in [3.63, 3.8) is 0 Å². The van der Waals surface area contributed by atoms with Crippen LogP contribution in [0.4, 0.5) is 0 Å². The third-order valence-corrected chi connectivity index (χ3v) is 6.60. The Bertz CT molecular complexity index is 1190. The molecule has 1 aliphatic carbocycles. The van der Waals surface area contributed by atoms with E-state index in [1.807, 2.05) is 51.1 Å². The van der Waals surface area contributed by atoms with E-state index in [-0.39, 0.29) is 0 Å². The lowest BCUT2D eigenvalue weighted by Crippen LogP contribution is -2.32. The summed E-state index contributed by atoms with van der Waals surface area (Å²) < 4.78 is 11.1. The Morgan fingerprint density at radius 2 is 1.81 bits per heavy atom. The standard InChI is InChI=1S/C25H26N2O5/c1-15-13-16(19-7-5-6-8-20(19)26-15)14-32-18-11-9-17(10-12-18)25(23(29)31-4)21(22(28)27-30)24(25,2)3/h5-13,21,30H,14H2,1-4H3,(H,27,28)/t21-,25+/m1/s1. The SMILES string of the molecule is COC(=O)[C@]1(c2ccc(OCc3cc(C)nc4ccccc34)cc2)[C@H](C(=O)NO)C1(C)C. The number of fused-ring (bicyclic) bond motifs is 1. The largest absolute Gasteiger partial charge is 0.489 e. The maximum atomic E-state index is 12.8. The molecule has 0 saturated heterocycles. The van der Waals surface area contributed by atoms with Gasteiger partial charge in [-0.15, -0.1) is 0 Å². The zero-order valence-electron chi connectivity index (χ0n) is 18.5. The molecule has 0 radical (unpaired) electrons. The molecule has 4 rings (SSSR count). The molecule has 0 bridgehead atoms. The average Bonchev–Trinajstić information content (AvgIpc) is 3.33. The molecule has 0 spiro atoms. The van der Waals surface area contributed by atoms with E-state index in [1.165, 1.54) is 7.11 Å². The van der Waals surface area contributed by atoms with Crippen LogP contribution in [0, 0.1) is 18.3 Å². The minimum absolute atomic E-state index is 0.367. The lowest BCUT2D eigenvalue weighted by molar-refractivity contribution is -0.146. The fourth-order valence-electron chi connectivity index (χ4n) is 5.04. The third-order valence-electron chi connectivity index (χ3n) is 6.60. The van der Waals surface area contributed by atoms with Gasteiger partial charge in [-0.2, -0.15) is 0 Å². The summed E-state index contributed by atoms with van der Waals surface area (Å²) in [6.45, 7) is 5.94. The van der Waals surface area contributed by atoms with Crippen molar-refractivity contribution in [3.8, 4) is 5.75 Å². The van der Waals surface area contributed by atoms with Gasteiger partial charge in [0.15, 0.2) is 0 Å². The first-order valence-electron chi connectivity index (χ1n) is 10.4. The van der Waals surface area contributed by atoms with Crippen molar-refractivity contribution in [1.82, 2.24) is 10.5 Å². The Kier molecular flexibility index (Phi) is 5.38. The van der Waals surface area contributed by atoms with Gasteiger partial charge in [-0.05, 0) is 42.2 Å². The van der Waals surface area contributed by atoms with E-state index in [2.05, 4.69) is 4.98 Å². The predicted octanol–water partition coefficient (Wildman–Crippen LogP) is 3.69. The second-order valence-electron chi connectivity index (χ2n) is 8.68. The van der Waals surface area contributed by atoms with Gasteiger partial charge in [-0.25, -0.2) is 5.48 Å². The summed E-state index contributed by atoms with van der Waals surface area (Å²) in [6, 6.07) is 17.0. The molecular weight excluding hydrogens is 408 g/mol. The number of ether oxygens (including phenoxy) is 2. The summed E-state index contributed by atoms with van der Waals surface area (Å²) in [5.74, 6) is -1.23. The van der Waals surface area contributed by atoms with E-state index in [1.54, 1.807) is 29.7 Å². The highest BCUT2D eigenvalue weighted by atomic mass is 16.5. The quantitative estimate of drug-likeness (QED) is 0.349. The average molecular weight is 434 g/mol. The molecule has 1 saturated carbocycles. The Balaban J connectivity index is 1.60. The molecule has 2 atom stereocenters. The molecule has 1 aliphatic rings. The predicted molar refractivity (Wildman–Crippen MR) is 118 cm³/mol. The summed E-state index contributed by atoms with van der Waals surface area (Å²) in [4.78, 5) is 29.6. The first-order valence-corrected chi connectivity index (χ1v) is 10.4. The van der Waals surface area contributed by atoms with Gasteiger partial charge in [0, 0.05) is 16.6 Å². The first-order chi connectivity index (χ1) is 15.3. The highest BCUT2D eigenvalue weighted by Gasteiger charge is 2.80. The van der Waals surface area contributed by atoms with Gasteiger partial charge in [-0.3, -0.25) is 19.8 Å². The molecule has 0 unspecified atom stereocenters. The first kappa shape index (κ1) is 21.8. The number of benzene rings is 2. The van der Waals surface area contributed by atoms with E-state index < -0.39 is 28.6 Å². The van der Waals surface area contributed by atoms with Gasteiger partial charge in [0.1, 0.15) is 17.8 Å². The number of amides is 1. The number of pyridine rings is 1. The van der Waals surface area contributed by atoms with Crippen LogP contribution in [0.25, 0.3) is 10.9 Å². The minimum atomic E-state index is -1.18. The van der Waals surface area contributed by atoms with Crippen LogP contribution in [0.15, 0.2) is 54.6 Å². The topological polar surface area (TPSA) is 97.8 Å². The zero-order chi connectivity index (χ0) is 23.1. The maximum absolute atomic E-state index is 12.8. The summed E-state index contributed by atoms with van der Waals surface area (Å²) in [5.41, 5.74) is 3.30. The number of carbonyl (C=O) groups is 2. The minimum Gasteiger partial charge on any atom is -0.489 e. The number of esters is 1. The number of nitrogens with one attached hydrogen (secondary N) is 1. The summed E-state index contributed by atoms with van der Waals surface area (Å²) in [7, 11) is 1.30. The molecule has 32 heavy (non-hydrogen) atoms. The van der Waals surface area contributed by atoms with Crippen molar-refractivity contribution in [3.05, 3.63) is 71.4 Å². The molecule has 1 heterocycles. The Hall–Kier alpha value is -3.45. The number of hydrogen-bond donors (Lipinski definition) is 2. The number of nitrogens with zero attached hydrogens (tertiary/aromatic N) is 1. The number of hydrogen-bond acceptors (Lipinski definition) is 6. The van der Waals surface area contributed by atoms with Crippen LogP contribution in [0.1, 0.15) is 30.7 Å². The van der Waals surface area contributed by atoms with Crippen molar-refractivity contribution < 1.29 is 24.3 Å². The fraction of sp³-hybridized carbons (Fsp3) is 0.320.